The predicted molar refractivity (Wildman–Crippen MR) is 120 cm³/mol. The van der Waals surface area contributed by atoms with E-state index in [1.807, 2.05) is 68.4 Å². The third-order valence-electron chi connectivity index (χ3n) is 4.68. The van der Waals surface area contributed by atoms with Crippen molar-refractivity contribution in [3.8, 4) is 0 Å². The SMILES string of the molecule is CCC(C)C(=O)Nc1cccc(CNC(=O)c2cccnc2Sc2ccccc2)c1. The first-order valence-corrected chi connectivity index (χ1v) is 10.7. The van der Waals surface area contributed by atoms with Crippen molar-refractivity contribution in [2.24, 2.45) is 5.92 Å². The minimum absolute atomic E-state index is 0.00313. The normalized spacial score (nSPS) is 11.5. The van der Waals surface area contributed by atoms with Crippen molar-refractivity contribution >= 4 is 29.3 Å². The highest BCUT2D eigenvalue weighted by molar-refractivity contribution is 7.99. The van der Waals surface area contributed by atoms with Crippen LogP contribution in [0.2, 0.25) is 0 Å². The van der Waals surface area contributed by atoms with Crippen molar-refractivity contribution in [1.82, 2.24) is 10.3 Å². The third-order valence-corrected chi connectivity index (χ3v) is 5.71. The smallest absolute Gasteiger partial charge is 0.254 e. The number of hydrogen-bond acceptors (Lipinski definition) is 4. The second kappa shape index (κ2) is 10.6. The molecule has 0 aliphatic heterocycles. The summed E-state index contributed by atoms with van der Waals surface area (Å²) in [7, 11) is 0. The second-order valence-electron chi connectivity index (χ2n) is 6.95. The molecule has 0 fully saturated rings. The van der Waals surface area contributed by atoms with Gasteiger partial charge in [0, 0.05) is 29.2 Å². The van der Waals surface area contributed by atoms with Crippen LogP contribution in [0.25, 0.3) is 0 Å². The maximum absolute atomic E-state index is 12.8. The van der Waals surface area contributed by atoms with E-state index >= 15 is 0 Å². The highest BCUT2D eigenvalue weighted by atomic mass is 32.2. The molecule has 3 aromatic rings. The quantitative estimate of drug-likeness (QED) is 0.530. The minimum Gasteiger partial charge on any atom is -0.348 e. The van der Waals surface area contributed by atoms with Crippen LogP contribution in [0, 0.1) is 5.92 Å². The Labute approximate surface area is 181 Å². The molecule has 0 radical (unpaired) electrons. The van der Waals surface area contributed by atoms with E-state index < -0.39 is 0 Å². The average Bonchev–Trinajstić information content (AvgIpc) is 2.78. The number of nitrogens with zero attached hydrogens (tertiary/aromatic N) is 1. The van der Waals surface area contributed by atoms with Crippen molar-refractivity contribution in [3.05, 3.63) is 84.1 Å². The fourth-order valence-corrected chi connectivity index (χ4v) is 3.63. The van der Waals surface area contributed by atoms with Gasteiger partial charge in [0.15, 0.2) is 0 Å². The molecule has 0 saturated heterocycles. The van der Waals surface area contributed by atoms with Crippen molar-refractivity contribution in [3.63, 3.8) is 0 Å². The van der Waals surface area contributed by atoms with E-state index in [0.29, 0.717) is 17.1 Å². The van der Waals surface area contributed by atoms with E-state index in [0.717, 1.165) is 22.6 Å². The molecule has 2 aromatic carbocycles. The summed E-state index contributed by atoms with van der Waals surface area (Å²) in [5.74, 6) is -0.230. The Hall–Kier alpha value is -3.12. The number of aromatic nitrogens is 1. The Morgan fingerprint density at radius 2 is 1.83 bits per heavy atom. The molecule has 0 bridgehead atoms. The number of anilines is 1. The Morgan fingerprint density at radius 3 is 2.60 bits per heavy atom. The largest absolute Gasteiger partial charge is 0.348 e. The first-order chi connectivity index (χ1) is 14.6. The highest BCUT2D eigenvalue weighted by Gasteiger charge is 2.14. The predicted octanol–water partition coefficient (Wildman–Crippen LogP) is 5.15. The van der Waals surface area contributed by atoms with Gasteiger partial charge in [0.25, 0.3) is 5.91 Å². The molecule has 1 aromatic heterocycles. The summed E-state index contributed by atoms with van der Waals surface area (Å²) in [6.07, 6.45) is 2.47. The molecular formula is C24H25N3O2S. The van der Waals surface area contributed by atoms with Crippen LogP contribution >= 0.6 is 11.8 Å². The van der Waals surface area contributed by atoms with Crippen LogP contribution in [0.1, 0.15) is 36.2 Å². The lowest BCUT2D eigenvalue weighted by molar-refractivity contribution is -0.119. The fraction of sp³-hybridized carbons (Fsp3) is 0.208. The molecule has 0 aliphatic rings. The summed E-state index contributed by atoms with van der Waals surface area (Å²) in [5, 5.41) is 6.54. The lowest BCUT2D eigenvalue weighted by Gasteiger charge is -2.12. The number of hydrogen-bond donors (Lipinski definition) is 2. The van der Waals surface area contributed by atoms with E-state index in [2.05, 4.69) is 15.6 Å². The molecule has 2 amide bonds. The molecule has 0 saturated carbocycles. The molecule has 1 atom stereocenters. The lowest BCUT2D eigenvalue weighted by atomic mass is 10.1. The van der Waals surface area contributed by atoms with Gasteiger partial charge in [-0.3, -0.25) is 9.59 Å². The fourth-order valence-electron chi connectivity index (χ4n) is 2.73. The maximum Gasteiger partial charge on any atom is 0.254 e. The summed E-state index contributed by atoms with van der Waals surface area (Å²) >= 11 is 1.46. The first kappa shape index (κ1) is 21.6. The van der Waals surface area contributed by atoms with Gasteiger partial charge in [0.1, 0.15) is 5.03 Å². The summed E-state index contributed by atoms with van der Waals surface area (Å²) in [6.45, 7) is 4.24. The Kier molecular flexibility index (Phi) is 7.63. The van der Waals surface area contributed by atoms with Crippen molar-refractivity contribution < 1.29 is 9.59 Å². The van der Waals surface area contributed by atoms with Gasteiger partial charge in [-0.15, -0.1) is 0 Å². The van der Waals surface area contributed by atoms with Crippen LogP contribution in [0.15, 0.2) is 82.8 Å². The second-order valence-corrected chi connectivity index (χ2v) is 8.02. The van der Waals surface area contributed by atoms with Crippen LogP contribution in [-0.2, 0) is 11.3 Å². The molecule has 154 valence electrons. The van der Waals surface area contributed by atoms with Gasteiger partial charge in [-0.1, -0.05) is 55.9 Å². The van der Waals surface area contributed by atoms with E-state index in [1.54, 1.807) is 18.3 Å². The van der Waals surface area contributed by atoms with Gasteiger partial charge < -0.3 is 10.6 Å². The molecule has 2 N–H and O–H groups in total. The van der Waals surface area contributed by atoms with E-state index in [4.69, 9.17) is 0 Å². The molecule has 6 heteroatoms. The molecule has 3 rings (SSSR count). The number of pyridine rings is 1. The molecular weight excluding hydrogens is 394 g/mol. The zero-order valence-electron chi connectivity index (χ0n) is 17.1. The summed E-state index contributed by atoms with van der Waals surface area (Å²) < 4.78 is 0. The molecule has 1 heterocycles. The van der Waals surface area contributed by atoms with Crippen LogP contribution < -0.4 is 10.6 Å². The van der Waals surface area contributed by atoms with Gasteiger partial charge in [-0.2, -0.15) is 0 Å². The van der Waals surface area contributed by atoms with Gasteiger partial charge in [-0.25, -0.2) is 4.98 Å². The van der Waals surface area contributed by atoms with Crippen molar-refractivity contribution in [2.45, 2.75) is 36.7 Å². The number of rotatable bonds is 8. The molecule has 30 heavy (non-hydrogen) atoms. The van der Waals surface area contributed by atoms with Gasteiger partial charge in [0.2, 0.25) is 5.91 Å². The Bertz CT molecular complexity index is 1010. The van der Waals surface area contributed by atoms with Gasteiger partial charge in [-0.05, 0) is 48.4 Å². The summed E-state index contributed by atoms with van der Waals surface area (Å²) in [5.41, 5.74) is 2.17. The minimum atomic E-state index is -0.185. The molecule has 0 spiro atoms. The van der Waals surface area contributed by atoms with Crippen LogP contribution in [0.4, 0.5) is 5.69 Å². The summed E-state index contributed by atoms with van der Waals surface area (Å²) in [4.78, 5) is 30.3. The lowest BCUT2D eigenvalue weighted by Crippen LogP contribution is -2.24. The van der Waals surface area contributed by atoms with Crippen molar-refractivity contribution in [2.75, 3.05) is 5.32 Å². The van der Waals surface area contributed by atoms with Crippen LogP contribution in [0.3, 0.4) is 0 Å². The zero-order valence-corrected chi connectivity index (χ0v) is 17.9. The van der Waals surface area contributed by atoms with Crippen molar-refractivity contribution in [1.29, 1.82) is 0 Å². The standard InChI is InChI=1S/C24H25N3O2S/c1-3-17(2)22(28)27-19-10-7-9-18(15-19)16-26-23(29)21-13-8-14-25-24(21)30-20-11-5-4-6-12-20/h4-15,17H,3,16H2,1-2H3,(H,26,29)(H,27,28). The van der Waals surface area contributed by atoms with Crippen LogP contribution in [0.5, 0.6) is 0 Å². The average molecular weight is 420 g/mol. The first-order valence-electron chi connectivity index (χ1n) is 9.92. The number of nitrogens with one attached hydrogen (secondary N) is 2. The maximum atomic E-state index is 12.8. The Morgan fingerprint density at radius 1 is 1.03 bits per heavy atom. The molecule has 0 aliphatic carbocycles. The number of carbonyl (C=O) groups excluding carboxylic acids is 2. The topological polar surface area (TPSA) is 71.1 Å². The monoisotopic (exact) mass is 419 g/mol. The molecule has 1 unspecified atom stereocenters. The van der Waals surface area contributed by atoms with Gasteiger partial charge in [0.05, 0.1) is 5.56 Å². The number of carbonyl (C=O) groups is 2. The van der Waals surface area contributed by atoms with E-state index in [1.165, 1.54) is 11.8 Å². The highest BCUT2D eigenvalue weighted by Crippen LogP contribution is 2.28. The van der Waals surface area contributed by atoms with E-state index in [9.17, 15) is 9.59 Å². The van der Waals surface area contributed by atoms with Crippen LogP contribution in [-0.4, -0.2) is 16.8 Å². The van der Waals surface area contributed by atoms with Gasteiger partial charge >= 0.3 is 0 Å². The third kappa shape index (κ3) is 5.94. The summed E-state index contributed by atoms with van der Waals surface area (Å²) in [6, 6.07) is 20.9. The molecule has 5 nitrogen and oxygen atoms in total. The zero-order chi connectivity index (χ0) is 21.3. The Balaban J connectivity index is 1.65. The number of amides is 2. The van der Waals surface area contributed by atoms with E-state index in [-0.39, 0.29) is 17.7 Å². The number of benzene rings is 2.